The van der Waals surface area contributed by atoms with Crippen LogP contribution in [0.3, 0.4) is 0 Å². The number of fused-ring (bicyclic) bond motifs is 3. The van der Waals surface area contributed by atoms with Crippen molar-refractivity contribution in [1.82, 2.24) is 10.2 Å². The zero-order valence-corrected chi connectivity index (χ0v) is 7.12. The van der Waals surface area contributed by atoms with Crippen molar-refractivity contribution in [2.45, 2.75) is 31.3 Å². The van der Waals surface area contributed by atoms with Crippen molar-refractivity contribution in [1.29, 1.82) is 0 Å². The van der Waals surface area contributed by atoms with Crippen molar-refractivity contribution in [2.75, 3.05) is 13.1 Å². The van der Waals surface area contributed by atoms with Crippen LogP contribution in [-0.2, 0) is 4.79 Å². The van der Waals surface area contributed by atoms with Crippen molar-refractivity contribution in [3.8, 4) is 0 Å². The van der Waals surface area contributed by atoms with E-state index in [2.05, 4.69) is 10.2 Å². The highest BCUT2D eigenvalue weighted by Crippen LogP contribution is 2.37. The van der Waals surface area contributed by atoms with E-state index in [0.29, 0.717) is 17.9 Å². The Balaban J connectivity index is 1.94. The van der Waals surface area contributed by atoms with Gasteiger partial charge in [-0.15, -0.1) is 0 Å². The van der Waals surface area contributed by atoms with Crippen molar-refractivity contribution >= 4 is 5.91 Å². The molecule has 3 nitrogen and oxygen atoms in total. The molecule has 3 rings (SSSR count). The summed E-state index contributed by atoms with van der Waals surface area (Å²) in [5.74, 6) is 1.01. The minimum absolute atomic E-state index is 0.190. The summed E-state index contributed by atoms with van der Waals surface area (Å²) in [6, 6.07) is 0.785. The fourth-order valence-corrected chi connectivity index (χ4v) is 3.10. The van der Waals surface area contributed by atoms with E-state index in [-0.39, 0.29) is 6.04 Å². The molecule has 0 saturated carbocycles. The average molecular weight is 166 g/mol. The zero-order valence-electron chi connectivity index (χ0n) is 7.12. The Morgan fingerprint density at radius 3 is 3.25 bits per heavy atom. The molecule has 0 spiro atoms. The predicted octanol–water partition coefficient (Wildman–Crippen LogP) is -0.0309. The summed E-state index contributed by atoms with van der Waals surface area (Å²) < 4.78 is 0. The minimum Gasteiger partial charge on any atom is -0.338 e. The monoisotopic (exact) mass is 166 g/mol. The predicted molar refractivity (Wildman–Crippen MR) is 44.6 cm³/mol. The molecular weight excluding hydrogens is 152 g/mol. The fraction of sp³-hybridized carbons (Fsp3) is 0.889. The van der Waals surface area contributed by atoms with Gasteiger partial charge in [-0.2, -0.15) is 0 Å². The van der Waals surface area contributed by atoms with Crippen LogP contribution in [0.2, 0.25) is 0 Å². The van der Waals surface area contributed by atoms with Gasteiger partial charge in [0.1, 0.15) is 0 Å². The lowest BCUT2D eigenvalue weighted by Crippen LogP contribution is -2.36. The topological polar surface area (TPSA) is 32.3 Å². The molecular formula is C9H14N2O. The Kier molecular flexibility index (Phi) is 1.28. The summed E-state index contributed by atoms with van der Waals surface area (Å²) in [6.07, 6.45) is 3.67. The fourth-order valence-electron chi connectivity index (χ4n) is 3.10. The second-order valence-electron chi connectivity index (χ2n) is 4.13. The number of nitrogens with one attached hydrogen (secondary N) is 1. The molecule has 1 amide bonds. The third-order valence-corrected chi connectivity index (χ3v) is 3.61. The van der Waals surface area contributed by atoms with E-state index in [1.165, 1.54) is 19.3 Å². The van der Waals surface area contributed by atoms with Crippen LogP contribution >= 0.6 is 0 Å². The lowest BCUT2D eigenvalue weighted by molar-refractivity contribution is -0.129. The zero-order chi connectivity index (χ0) is 8.13. The molecule has 0 aromatic rings. The van der Waals surface area contributed by atoms with Crippen LogP contribution in [0, 0.1) is 5.92 Å². The Labute approximate surface area is 72.1 Å². The normalized spacial score (nSPS) is 45.2. The number of amides is 1. The van der Waals surface area contributed by atoms with Gasteiger partial charge in [-0.1, -0.05) is 0 Å². The van der Waals surface area contributed by atoms with Gasteiger partial charge in [0.25, 0.3) is 0 Å². The first-order valence-electron chi connectivity index (χ1n) is 4.92. The quantitative estimate of drug-likeness (QED) is 0.548. The first-order valence-corrected chi connectivity index (χ1v) is 4.92. The summed E-state index contributed by atoms with van der Waals surface area (Å²) in [6.45, 7) is 2.06. The van der Waals surface area contributed by atoms with Gasteiger partial charge in [0, 0.05) is 18.5 Å². The third-order valence-electron chi connectivity index (χ3n) is 3.61. The lowest BCUT2D eigenvalue weighted by atomic mass is 9.95. The Hall–Kier alpha value is -0.570. The molecule has 3 aliphatic heterocycles. The Morgan fingerprint density at radius 2 is 2.33 bits per heavy atom. The maximum absolute atomic E-state index is 11.7. The standard InChI is InChI=1S/C9H14N2O/c12-9-8-6(3-4-10-8)7-2-1-5-11(7)9/h6-8,10H,1-5H2/t6-,7-,8-/m1/s1. The molecule has 0 unspecified atom stereocenters. The molecule has 0 aromatic carbocycles. The molecule has 3 saturated heterocycles. The molecule has 3 fully saturated rings. The van der Waals surface area contributed by atoms with Gasteiger partial charge >= 0.3 is 0 Å². The van der Waals surface area contributed by atoms with Crippen molar-refractivity contribution in [3.63, 3.8) is 0 Å². The highest BCUT2D eigenvalue weighted by molar-refractivity contribution is 5.86. The van der Waals surface area contributed by atoms with Gasteiger partial charge in [-0.05, 0) is 25.8 Å². The summed E-state index contributed by atoms with van der Waals surface area (Å²) in [5, 5.41) is 3.31. The van der Waals surface area contributed by atoms with E-state index >= 15 is 0 Å². The van der Waals surface area contributed by atoms with Gasteiger partial charge in [0.15, 0.2) is 0 Å². The molecule has 12 heavy (non-hydrogen) atoms. The number of carbonyl (C=O) groups excluding carboxylic acids is 1. The van der Waals surface area contributed by atoms with E-state index in [4.69, 9.17) is 0 Å². The van der Waals surface area contributed by atoms with E-state index in [1.807, 2.05) is 0 Å². The van der Waals surface area contributed by atoms with Gasteiger partial charge in [-0.3, -0.25) is 4.79 Å². The summed E-state index contributed by atoms with van der Waals surface area (Å²) in [4.78, 5) is 13.8. The van der Waals surface area contributed by atoms with Crippen molar-refractivity contribution < 1.29 is 4.79 Å². The molecule has 0 radical (unpaired) electrons. The minimum atomic E-state index is 0.190. The SMILES string of the molecule is O=C1[C@@H]2NCC[C@@H]2[C@H]2CCCN12. The number of rotatable bonds is 0. The lowest BCUT2D eigenvalue weighted by Gasteiger charge is -2.17. The Bertz CT molecular complexity index is 207. The van der Waals surface area contributed by atoms with E-state index in [9.17, 15) is 4.79 Å². The molecule has 1 N–H and O–H groups in total. The third kappa shape index (κ3) is 0.678. The van der Waals surface area contributed by atoms with Gasteiger partial charge < -0.3 is 10.2 Å². The highest BCUT2D eigenvalue weighted by atomic mass is 16.2. The molecule has 0 bridgehead atoms. The van der Waals surface area contributed by atoms with Crippen molar-refractivity contribution in [3.05, 3.63) is 0 Å². The maximum atomic E-state index is 11.7. The van der Waals surface area contributed by atoms with Gasteiger partial charge in [0.05, 0.1) is 6.04 Å². The average Bonchev–Trinajstić information content (AvgIpc) is 2.72. The number of nitrogens with zero attached hydrogens (tertiary/aromatic N) is 1. The van der Waals surface area contributed by atoms with Crippen LogP contribution in [-0.4, -0.2) is 36.0 Å². The molecule has 0 aromatic heterocycles. The van der Waals surface area contributed by atoms with Crippen LogP contribution in [0.5, 0.6) is 0 Å². The molecule has 3 aliphatic rings. The highest BCUT2D eigenvalue weighted by Gasteiger charge is 2.51. The van der Waals surface area contributed by atoms with Crippen molar-refractivity contribution in [2.24, 2.45) is 5.92 Å². The second kappa shape index (κ2) is 2.22. The maximum Gasteiger partial charge on any atom is 0.240 e. The Morgan fingerprint density at radius 1 is 1.42 bits per heavy atom. The molecule has 3 atom stereocenters. The van der Waals surface area contributed by atoms with Crippen LogP contribution in [0.15, 0.2) is 0 Å². The first-order chi connectivity index (χ1) is 5.88. The van der Waals surface area contributed by atoms with E-state index < -0.39 is 0 Å². The largest absolute Gasteiger partial charge is 0.338 e. The smallest absolute Gasteiger partial charge is 0.240 e. The van der Waals surface area contributed by atoms with Crippen LogP contribution in [0.25, 0.3) is 0 Å². The number of hydrogen-bond acceptors (Lipinski definition) is 2. The summed E-state index contributed by atoms with van der Waals surface area (Å²) in [7, 11) is 0. The van der Waals surface area contributed by atoms with Gasteiger partial charge in [0.2, 0.25) is 5.91 Å². The van der Waals surface area contributed by atoms with Gasteiger partial charge in [-0.25, -0.2) is 0 Å². The van der Waals surface area contributed by atoms with E-state index in [1.54, 1.807) is 0 Å². The molecule has 3 heteroatoms. The van der Waals surface area contributed by atoms with Crippen LogP contribution in [0.4, 0.5) is 0 Å². The first kappa shape index (κ1) is 6.89. The van der Waals surface area contributed by atoms with Crippen LogP contribution in [0.1, 0.15) is 19.3 Å². The molecule has 66 valence electrons. The second-order valence-corrected chi connectivity index (χ2v) is 4.13. The number of hydrogen-bond donors (Lipinski definition) is 1. The summed E-state index contributed by atoms with van der Waals surface area (Å²) >= 11 is 0. The number of carbonyl (C=O) groups is 1. The van der Waals surface area contributed by atoms with Crippen LogP contribution < -0.4 is 5.32 Å². The molecule has 3 heterocycles. The van der Waals surface area contributed by atoms with E-state index in [0.717, 1.165) is 13.1 Å². The molecule has 0 aliphatic carbocycles. The summed E-state index contributed by atoms with van der Waals surface area (Å²) in [5.41, 5.74) is 0.